The summed E-state index contributed by atoms with van der Waals surface area (Å²) < 4.78 is 5.96. The van der Waals surface area contributed by atoms with Crippen molar-refractivity contribution in [3.63, 3.8) is 0 Å². The molecule has 1 N–H and O–H groups in total. The largest absolute Gasteiger partial charge is 0.494 e. The molecule has 0 saturated heterocycles. The fourth-order valence-electron chi connectivity index (χ4n) is 2.33. The van der Waals surface area contributed by atoms with Gasteiger partial charge < -0.3 is 10.1 Å². The summed E-state index contributed by atoms with van der Waals surface area (Å²) in [5, 5.41) is 3.59. The van der Waals surface area contributed by atoms with Crippen LogP contribution in [0.5, 0.6) is 5.75 Å². The van der Waals surface area contributed by atoms with Crippen molar-refractivity contribution in [1.82, 2.24) is 5.32 Å². The molecular weight excluding hydrogens is 242 g/mol. The highest BCUT2D eigenvalue weighted by molar-refractivity contribution is 8.00. The number of nitrogens with one attached hydrogen (secondary N) is 1. The van der Waals surface area contributed by atoms with Gasteiger partial charge in [0.1, 0.15) is 5.75 Å². The molecule has 1 aromatic carbocycles. The molecule has 1 fully saturated rings. The van der Waals surface area contributed by atoms with E-state index in [0.717, 1.165) is 25.4 Å². The SMILES string of the molecule is CCOc1ccc(CNCC2(SC)CCC2)cc1. The molecule has 100 valence electrons. The summed E-state index contributed by atoms with van der Waals surface area (Å²) >= 11 is 2.02. The Morgan fingerprint density at radius 3 is 2.50 bits per heavy atom. The maximum absolute atomic E-state index is 5.44. The molecule has 0 spiro atoms. The standard InChI is InChI=1S/C15H23NOS/c1-3-17-14-7-5-13(6-8-14)11-16-12-15(18-2)9-4-10-15/h5-8,16H,3-4,9-12H2,1-2H3. The Morgan fingerprint density at radius 1 is 1.28 bits per heavy atom. The van der Waals surface area contributed by atoms with Crippen molar-refractivity contribution in [3.8, 4) is 5.75 Å². The summed E-state index contributed by atoms with van der Waals surface area (Å²) in [5.41, 5.74) is 1.33. The number of benzene rings is 1. The molecule has 0 aromatic heterocycles. The van der Waals surface area contributed by atoms with Gasteiger partial charge in [-0.2, -0.15) is 11.8 Å². The second-order valence-corrected chi connectivity index (χ2v) is 6.20. The van der Waals surface area contributed by atoms with Crippen LogP contribution in [0.4, 0.5) is 0 Å². The normalized spacial score (nSPS) is 17.2. The van der Waals surface area contributed by atoms with Crippen molar-refractivity contribution < 1.29 is 4.74 Å². The summed E-state index contributed by atoms with van der Waals surface area (Å²) in [6, 6.07) is 8.39. The third kappa shape index (κ3) is 3.42. The van der Waals surface area contributed by atoms with Gasteiger partial charge in [-0.1, -0.05) is 18.6 Å². The van der Waals surface area contributed by atoms with Crippen LogP contribution < -0.4 is 10.1 Å². The Kier molecular flexibility index (Phi) is 4.95. The molecule has 0 heterocycles. The Labute approximate surface area is 114 Å². The van der Waals surface area contributed by atoms with Gasteiger partial charge in [0.2, 0.25) is 0 Å². The summed E-state index contributed by atoms with van der Waals surface area (Å²) in [7, 11) is 0. The molecule has 2 rings (SSSR count). The fourth-order valence-corrected chi connectivity index (χ4v) is 3.27. The maximum Gasteiger partial charge on any atom is 0.119 e. The molecular formula is C15H23NOS. The van der Waals surface area contributed by atoms with Gasteiger partial charge in [0.05, 0.1) is 6.61 Å². The summed E-state index contributed by atoms with van der Waals surface area (Å²) in [6.45, 7) is 4.82. The zero-order chi connectivity index (χ0) is 12.8. The van der Waals surface area contributed by atoms with E-state index in [4.69, 9.17) is 4.74 Å². The van der Waals surface area contributed by atoms with Crippen molar-refractivity contribution in [3.05, 3.63) is 29.8 Å². The first kappa shape index (κ1) is 13.8. The van der Waals surface area contributed by atoms with Gasteiger partial charge in [-0.05, 0) is 43.7 Å². The van der Waals surface area contributed by atoms with Crippen LogP contribution in [0.3, 0.4) is 0 Å². The average Bonchev–Trinajstić information content (AvgIpc) is 2.35. The smallest absolute Gasteiger partial charge is 0.119 e. The second-order valence-electron chi connectivity index (χ2n) is 4.92. The van der Waals surface area contributed by atoms with E-state index in [2.05, 4.69) is 23.7 Å². The van der Waals surface area contributed by atoms with Gasteiger partial charge >= 0.3 is 0 Å². The van der Waals surface area contributed by atoms with Gasteiger partial charge in [0.15, 0.2) is 0 Å². The molecule has 0 amide bonds. The van der Waals surface area contributed by atoms with E-state index in [1.54, 1.807) is 0 Å². The van der Waals surface area contributed by atoms with Crippen LogP contribution >= 0.6 is 11.8 Å². The van der Waals surface area contributed by atoms with Crippen LogP contribution in [-0.4, -0.2) is 24.2 Å². The molecule has 2 nitrogen and oxygen atoms in total. The number of ether oxygens (including phenoxy) is 1. The van der Waals surface area contributed by atoms with Crippen LogP contribution in [0.15, 0.2) is 24.3 Å². The number of hydrogen-bond acceptors (Lipinski definition) is 3. The van der Waals surface area contributed by atoms with Crippen molar-refractivity contribution in [1.29, 1.82) is 0 Å². The van der Waals surface area contributed by atoms with Crippen LogP contribution in [0.2, 0.25) is 0 Å². The maximum atomic E-state index is 5.44. The van der Waals surface area contributed by atoms with Crippen molar-refractivity contribution in [2.24, 2.45) is 0 Å². The highest BCUT2D eigenvalue weighted by atomic mass is 32.2. The monoisotopic (exact) mass is 265 g/mol. The van der Waals surface area contributed by atoms with Gasteiger partial charge in [0.25, 0.3) is 0 Å². The molecule has 3 heteroatoms. The van der Waals surface area contributed by atoms with E-state index in [9.17, 15) is 0 Å². The number of thioether (sulfide) groups is 1. The van der Waals surface area contributed by atoms with E-state index in [1.165, 1.54) is 24.8 Å². The second kappa shape index (κ2) is 6.48. The molecule has 0 aliphatic heterocycles. The minimum absolute atomic E-state index is 0.519. The van der Waals surface area contributed by atoms with Crippen molar-refractivity contribution >= 4 is 11.8 Å². The Morgan fingerprint density at radius 2 is 2.00 bits per heavy atom. The number of rotatable bonds is 7. The first-order valence-electron chi connectivity index (χ1n) is 6.75. The van der Waals surface area contributed by atoms with Crippen LogP contribution in [-0.2, 0) is 6.54 Å². The highest BCUT2D eigenvalue weighted by Crippen LogP contribution is 2.42. The lowest BCUT2D eigenvalue weighted by atomic mass is 9.84. The van der Waals surface area contributed by atoms with Crippen molar-refractivity contribution in [2.75, 3.05) is 19.4 Å². The first-order valence-corrected chi connectivity index (χ1v) is 7.98. The van der Waals surface area contributed by atoms with Gasteiger partial charge in [-0.15, -0.1) is 0 Å². The first-order chi connectivity index (χ1) is 8.78. The lowest BCUT2D eigenvalue weighted by Crippen LogP contribution is -2.43. The van der Waals surface area contributed by atoms with Gasteiger partial charge in [0, 0.05) is 17.8 Å². The van der Waals surface area contributed by atoms with Gasteiger partial charge in [-0.25, -0.2) is 0 Å². The van der Waals surface area contributed by atoms with E-state index in [0.29, 0.717) is 4.75 Å². The zero-order valence-electron chi connectivity index (χ0n) is 11.4. The molecule has 0 bridgehead atoms. The molecule has 0 atom stereocenters. The molecule has 1 saturated carbocycles. The van der Waals surface area contributed by atoms with E-state index in [1.807, 2.05) is 30.8 Å². The lowest BCUT2D eigenvalue weighted by Gasteiger charge is -2.40. The topological polar surface area (TPSA) is 21.3 Å². The third-order valence-corrected chi connectivity index (χ3v) is 5.13. The van der Waals surface area contributed by atoms with E-state index in [-0.39, 0.29) is 0 Å². The fraction of sp³-hybridized carbons (Fsp3) is 0.600. The molecule has 0 unspecified atom stereocenters. The van der Waals surface area contributed by atoms with E-state index < -0.39 is 0 Å². The average molecular weight is 265 g/mol. The molecule has 1 aliphatic carbocycles. The molecule has 1 aromatic rings. The minimum Gasteiger partial charge on any atom is -0.494 e. The summed E-state index contributed by atoms with van der Waals surface area (Å²) in [6.07, 6.45) is 6.36. The summed E-state index contributed by atoms with van der Waals surface area (Å²) in [4.78, 5) is 0. The predicted molar refractivity (Wildman–Crippen MR) is 79.4 cm³/mol. The Bertz CT molecular complexity index is 354. The third-order valence-electron chi connectivity index (χ3n) is 3.71. The minimum atomic E-state index is 0.519. The summed E-state index contributed by atoms with van der Waals surface area (Å²) in [5.74, 6) is 0.959. The predicted octanol–water partition coefficient (Wildman–Crippen LogP) is 3.46. The molecule has 1 aliphatic rings. The van der Waals surface area contributed by atoms with Crippen LogP contribution in [0.25, 0.3) is 0 Å². The quantitative estimate of drug-likeness (QED) is 0.816. The Hall–Kier alpha value is -0.670. The highest BCUT2D eigenvalue weighted by Gasteiger charge is 2.35. The molecule has 0 radical (unpaired) electrons. The number of hydrogen-bond donors (Lipinski definition) is 1. The van der Waals surface area contributed by atoms with Crippen LogP contribution in [0.1, 0.15) is 31.7 Å². The molecule has 18 heavy (non-hydrogen) atoms. The van der Waals surface area contributed by atoms with E-state index >= 15 is 0 Å². The Balaban J connectivity index is 1.76. The van der Waals surface area contributed by atoms with Crippen molar-refractivity contribution in [2.45, 2.75) is 37.5 Å². The zero-order valence-corrected chi connectivity index (χ0v) is 12.2. The lowest BCUT2D eigenvalue weighted by molar-refractivity contribution is 0.339. The van der Waals surface area contributed by atoms with Gasteiger partial charge in [-0.3, -0.25) is 0 Å². The van der Waals surface area contributed by atoms with Crippen LogP contribution in [0, 0.1) is 0 Å².